The zero-order valence-corrected chi connectivity index (χ0v) is 14.9. The van der Waals surface area contributed by atoms with E-state index >= 15 is 0 Å². The molecule has 0 radical (unpaired) electrons. The Hall–Kier alpha value is -3.81. The Bertz CT molecular complexity index is 1010. The average Bonchev–Trinajstić information content (AvgIpc) is 3.07. The minimum Gasteiger partial charge on any atom is -0.465 e. The van der Waals surface area contributed by atoms with Crippen molar-refractivity contribution in [3.8, 4) is 22.8 Å². The van der Waals surface area contributed by atoms with Crippen molar-refractivity contribution in [2.75, 3.05) is 13.1 Å². The molecule has 142 valence electrons. The Kier molecular flexibility index (Phi) is 4.44. The van der Waals surface area contributed by atoms with Crippen LogP contribution >= 0.6 is 0 Å². The molecule has 2 aromatic carbocycles. The Morgan fingerprint density at radius 3 is 2.29 bits per heavy atom. The van der Waals surface area contributed by atoms with E-state index in [0.717, 1.165) is 11.3 Å². The van der Waals surface area contributed by atoms with Gasteiger partial charge in [0.25, 0.3) is 5.91 Å². The maximum absolute atomic E-state index is 11.9. The second-order valence-corrected chi connectivity index (χ2v) is 6.52. The first-order chi connectivity index (χ1) is 13.5. The van der Waals surface area contributed by atoms with Crippen LogP contribution in [0.3, 0.4) is 0 Å². The fourth-order valence-corrected chi connectivity index (χ4v) is 3.06. The fraction of sp³-hybridized carbons (Fsp3) is 0.150. The second kappa shape index (κ2) is 7.07. The lowest BCUT2D eigenvalue weighted by atomic mass is 10.1. The van der Waals surface area contributed by atoms with Gasteiger partial charge in [0.15, 0.2) is 0 Å². The van der Waals surface area contributed by atoms with Crippen molar-refractivity contribution in [2.24, 2.45) is 5.73 Å². The third-order valence-corrected chi connectivity index (χ3v) is 4.61. The van der Waals surface area contributed by atoms with Gasteiger partial charge in [0.05, 0.1) is 11.6 Å². The van der Waals surface area contributed by atoms with Crippen molar-refractivity contribution in [3.05, 3.63) is 66.4 Å². The average molecular weight is 378 g/mol. The maximum atomic E-state index is 11.9. The van der Waals surface area contributed by atoms with E-state index < -0.39 is 12.0 Å². The zero-order chi connectivity index (χ0) is 19.7. The number of para-hydroxylation sites is 1. The van der Waals surface area contributed by atoms with E-state index in [1.54, 1.807) is 23.0 Å². The molecule has 28 heavy (non-hydrogen) atoms. The number of ether oxygens (including phenoxy) is 1. The highest BCUT2D eigenvalue weighted by Crippen LogP contribution is 2.29. The number of likely N-dealkylation sites (tertiary alicyclic amines) is 1. The number of hydrogen-bond acceptors (Lipinski definition) is 4. The van der Waals surface area contributed by atoms with Gasteiger partial charge in [0.1, 0.15) is 17.2 Å². The van der Waals surface area contributed by atoms with Crippen LogP contribution in [0.15, 0.2) is 60.8 Å². The smallest absolute Gasteiger partial charge is 0.407 e. The highest BCUT2D eigenvalue weighted by Gasteiger charge is 2.33. The number of hydrogen-bond donors (Lipinski definition) is 2. The van der Waals surface area contributed by atoms with Gasteiger partial charge in [-0.3, -0.25) is 9.48 Å². The number of carboxylic acid groups (broad SMARTS) is 1. The van der Waals surface area contributed by atoms with E-state index in [4.69, 9.17) is 15.6 Å². The van der Waals surface area contributed by atoms with Gasteiger partial charge in [-0.05, 0) is 36.4 Å². The molecule has 1 aliphatic rings. The van der Waals surface area contributed by atoms with Crippen LogP contribution in [-0.2, 0) is 0 Å². The highest BCUT2D eigenvalue weighted by molar-refractivity contribution is 5.98. The molecule has 2 heterocycles. The van der Waals surface area contributed by atoms with Crippen molar-refractivity contribution in [2.45, 2.75) is 6.04 Å². The molecule has 2 amide bonds. The van der Waals surface area contributed by atoms with Gasteiger partial charge >= 0.3 is 6.09 Å². The molecule has 8 heteroatoms. The fourth-order valence-electron chi connectivity index (χ4n) is 3.06. The lowest BCUT2D eigenvalue weighted by Gasteiger charge is -2.36. The predicted molar refractivity (Wildman–Crippen MR) is 101 cm³/mol. The summed E-state index contributed by atoms with van der Waals surface area (Å²) in [6, 6.07) is 16.5. The molecule has 0 atom stereocenters. The number of carbonyl (C=O) groups excluding carboxylic acids is 1. The van der Waals surface area contributed by atoms with Crippen molar-refractivity contribution in [1.82, 2.24) is 14.7 Å². The number of amides is 2. The Morgan fingerprint density at radius 1 is 1.04 bits per heavy atom. The highest BCUT2D eigenvalue weighted by atomic mass is 16.5. The third kappa shape index (κ3) is 3.39. The summed E-state index contributed by atoms with van der Waals surface area (Å²) in [5.74, 6) is 0.802. The summed E-state index contributed by atoms with van der Waals surface area (Å²) in [6.45, 7) is 0.664. The number of primary amides is 1. The van der Waals surface area contributed by atoms with E-state index in [9.17, 15) is 9.59 Å². The van der Waals surface area contributed by atoms with Crippen molar-refractivity contribution >= 4 is 12.0 Å². The third-order valence-electron chi connectivity index (χ3n) is 4.61. The van der Waals surface area contributed by atoms with Crippen molar-refractivity contribution < 1.29 is 19.4 Å². The molecule has 0 unspecified atom stereocenters. The second-order valence-electron chi connectivity index (χ2n) is 6.52. The van der Waals surface area contributed by atoms with Crippen LogP contribution in [0.4, 0.5) is 4.79 Å². The van der Waals surface area contributed by atoms with Crippen LogP contribution in [0, 0.1) is 0 Å². The normalized spacial score (nSPS) is 13.8. The number of nitrogens with two attached hydrogens (primary N) is 1. The van der Waals surface area contributed by atoms with Crippen LogP contribution in [0.25, 0.3) is 11.3 Å². The number of aromatic nitrogens is 2. The summed E-state index contributed by atoms with van der Waals surface area (Å²) >= 11 is 0. The van der Waals surface area contributed by atoms with Crippen LogP contribution < -0.4 is 10.5 Å². The lowest BCUT2D eigenvalue weighted by Crippen LogP contribution is -2.50. The van der Waals surface area contributed by atoms with E-state index in [1.165, 1.54) is 4.90 Å². The van der Waals surface area contributed by atoms with Gasteiger partial charge in [-0.2, -0.15) is 5.10 Å². The monoisotopic (exact) mass is 378 g/mol. The summed E-state index contributed by atoms with van der Waals surface area (Å²) in [7, 11) is 0. The standard InChI is InChI=1S/C20H18N4O4/c21-19(25)17-12-24(14-10-23(11-14)20(26)27)22-18(17)13-6-8-16(9-7-13)28-15-4-2-1-3-5-15/h1-9,12,14H,10-11H2,(H2,21,25)(H,26,27). The minimum atomic E-state index is -0.965. The minimum absolute atomic E-state index is 0.108. The van der Waals surface area contributed by atoms with Crippen LogP contribution in [0.5, 0.6) is 11.5 Å². The molecule has 1 fully saturated rings. The molecular formula is C20H18N4O4. The largest absolute Gasteiger partial charge is 0.465 e. The molecule has 4 rings (SSSR count). The van der Waals surface area contributed by atoms with Crippen LogP contribution in [-0.4, -0.2) is 44.9 Å². The molecule has 0 saturated carbocycles. The Labute approximate surface area is 160 Å². The summed E-state index contributed by atoms with van der Waals surface area (Å²) in [5.41, 5.74) is 7.00. The van der Waals surface area contributed by atoms with Crippen LogP contribution in [0.2, 0.25) is 0 Å². The lowest BCUT2D eigenvalue weighted by molar-refractivity contribution is 0.0811. The number of rotatable bonds is 5. The molecular weight excluding hydrogens is 360 g/mol. The molecule has 0 aliphatic carbocycles. The summed E-state index contributed by atoms with van der Waals surface area (Å²) in [4.78, 5) is 24.1. The van der Waals surface area contributed by atoms with Gasteiger partial charge in [0, 0.05) is 24.8 Å². The number of carbonyl (C=O) groups is 2. The summed E-state index contributed by atoms with van der Waals surface area (Å²) in [5, 5.41) is 13.5. The SMILES string of the molecule is NC(=O)c1cn(C2CN(C(=O)O)C2)nc1-c1ccc(Oc2ccccc2)cc1. The van der Waals surface area contributed by atoms with E-state index in [-0.39, 0.29) is 6.04 Å². The van der Waals surface area contributed by atoms with Gasteiger partial charge in [-0.15, -0.1) is 0 Å². The van der Waals surface area contributed by atoms with E-state index in [1.807, 2.05) is 42.5 Å². The molecule has 0 spiro atoms. The first-order valence-corrected chi connectivity index (χ1v) is 8.71. The molecule has 0 bridgehead atoms. The van der Waals surface area contributed by atoms with E-state index in [0.29, 0.717) is 30.1 Å². The molecule has 1 aromatic heterocycles. The van der Waals surface area contributed by atoms with Gasteiger partial charge in [-0.25, -0.2) is 4.79 Å². The number of nitrogens with zero attached hydrogens (tertiary/aromatic N) is 3. The van der Waals surface area contributed by atoms with Crippen molar-refractivity contribution in [3.63, 3.8) is 0 Å². The predicted octanol–water partition coefficient (Wildman–Crippen LogP) is 2.98. The summed E-state index contributed by atoms with van der Waals surface area (Å²) in [6.07, 6.45) is 0.614. The van der Waals surface area contributed by atoms with Gasteiger partial charge in [-0.1, -0.05) is 18.2 Å². The quantitative estimate of drug-likeness (QED) is 0.709. The summed E-state index contributed by atoms with van der Waals surface area (Å²) < 4.78 is 7.39. The Morgan fingerprint density at radius 2 is 1.68 bits per heavy atom. The topological polar surface area (TPSA) is 111 Å². The van der Waals surface area contributed by atoms with Gasteiger partial charge in [0.2, 0.25) is 0 Å². The first-order valence-electron chi connectivity index (χ1n) is 8.71. The van der Waals surface area contributed by atoms with E-state index in [2.05, 4.69) is 5.10 Å². The maximum Gasteiger partial charge on any atom is 0.407 e. The molecule has 1 saturated heterocycles. The number of benzene rings is 2. The van der Waals surface area contributed by atoms with Crippen molar-refractivity contribution in [1.29, 1.82) is 0 Å². The van der Waals surface area contributed by atoms with Crippen LogP contribution in [0.1, 0.15) is 16.4 Å². The van der Waals surface area contributed by atoms with Gasteiger partial charge < -0.3 is 20.5 Å². The first kappa shape index (κ1) is 17.6. The zero-order valence-electron chi connectivity index (χ0n) is 14.9. The molecule has 8 nitrogen and oxygen atoms in total. The molecule has 3 N–H and O–H groups in total. The molecule has 3 aromatic rings. The Balaban J connectivity index is 1.56. The molecule has 1 aliphatic heterocycles.